The van der Waals surface area contributed by atoms with Crippen molar-refractivity contribution in [2.24, 2.45) is 0 Å². The van der Waals surface area contributed by atoms with Crippen LogP contribution in [-0.4, -0.2) is 49.9 Å². The number of halogens is 7. The SMILES string of the molecule is O=C(O)C(I)(C(F)(F)F)C(F)(F)F.[H-].[H-].[Mg+2]. The Bertz CT molecular complexity index is 218. The van der Waals surface area contributed by atoms with Gasteiger partial charge in [0.2, 0.25) is 0 Å². The summed E-state index contributed by atoms with van der Waals surface area (Å²) in [6, 6.07) is 0. The minimum atomic E-state index is -5.88. The van der Waals surface area contributed by atoms with Crippen LogP contribution >= 0.6 is 22.6 Å². The van der Waals surface area contributed by atoms with Crippen molar-refractivity contribution in [2.45, 2.75) is 15.8 Å². The van der Waals surface area contributed by atoms with Crippen molar-refractivity contribution in [3.05, 3.63) is 0 Å². The fourth-order valence-electron chi connectivity index (χ4n) is 0.403. The molecule has 0 spiro atoms. The summed E-state index contributed by atoms with van der Waals surface area (Å²) in [6.07, 6.45) is -11.8. The standard InChI is InChI=1S/C4HF6IO2.Mg.2H/c5-3(6,7)2(11,1(12)13)4(8,9)10;;;/h(H,12,13);;;/q;+2;2*-1. The van der Waals surface area contributed by atoms with Gasteiger partial charge >= 0.3 is 44.8 Å². The van der Waals surface area contributed by atoms with Crippen molar-refractivity contribution < 1.29 is 39.1 Å². The third-order valence-electron chi connectivity index (χ3n) is 1.08. The Balaban J connectivity index is -0.000000240. The Labute approximate surface area is 106 Å². The van der Waals surface area contributed by atoms with Crippen LogP contribution in [0.4, 0.5) is 26.3 Å². The van der Waals surface area contributed by atoms with Crippen molar-refractivity contribution in [1.29, 1.82) is 0 Å². The Morgan fingerprint density at radius 3 is 1.29 bits per heavy atom. The summed E-state index contributed by atoms with van der Waals surface area (Å²) in [5.41, 5.74) is 0. The maximum atomic E-state index is 11.7. The van der Waals surface area contributed by atoms with Crippen molar-refractivity contribution in [2.75, 3.05) is 0 Å². The van der Waals surface area contributed by atoms with E-state index in [4.69, 9.17) is 5.11 Å². The first-order chi connectivity index (χ1) is 5.44. The number of hydrogen-bond donors (Lipinski definition) is 1. The summed E-state index contributed by atoms with van der Waals surface area (Å²) in [7, 11) is 0. The minimum Gasteiger partial charge on any atom is -1.00 e. The predicted molar refractivity (Wildman–Crippen MR) is 44.5 cm³/mol. The zero-order chi connectivity index (χ0) is 11.1. The number of rotatable bonds is 1. The van der Waals surface area contributed by atoms with Crippen LogP contribution in [0.15, 0.2) is 0 Å². The molecule has 0 saturated heterocycles. The molecule has 82 valence electrons. The molecule has 0 aliphatic carbocycles. The van der Waals surface area contributed by atoms with Crippen molar-refractivity contribution in [3.8, 4) is 0 Å². The average Bonchev–Trinajstić information content (AvgIpc) is 1.80. The minimum absolute atomic E-state index is 0. The molecule has 0 unspecified atom stereocenters. The van der Waals surface area contributed by atoms with Crippen molar-refractivity contribution in [1.82, 2.24) is 0 Å². The van der Waals surface area contributed by atoms with Gasteiger partial charge in [0.25, 0.3) is 0 Å². The quantitative estimate of drug-likeness (QED) is 0.342. The third-order valence-corrected chi connectivity index (χ3v) is 2.76. The molecule has 0 amide bonds. The first-order valence-electron chi connectivity index (χ1n) is 2.50. The van der Waals surface area contributed by atoms with Crippen LogP contribution in [0.3, 0.4) is 0 Å². The number of aliphatic carboxylic acids is 1. The Hall–Kier alpha value is 0.546. The first kappa shape index (κ1) is 17.0. The zero-order valence-corrected chi connectivity index (χ0v) is 9.78. The topological polar surface area (TPSA) is 37.3 Å². The fourth-order valence-corrected chi connectivity index (χ4v) is 0.403. The van der Waals surface area contributed by atoms with Gasteiger partial charge in [0, 0.05) is 0 Å². The average molecular weight is 348 g/mol. The van der Waals surface area contributed by atoms with E-state index in [1.165, 1.54) is 0 Å². The van der Waals surface area contributed by atoms with Crippen LogP contribution in [-0.2, 0) is 4.79 Å². The number of alkyl halides is 7. The Kier molecular flexibility index (Phi) is 5.56. The molecule has 0 radical (unpaired) electrons. The van der Waals surface area contributed by atoms with E-state index in [-0.39, 0.29) is 48.5 Å². The number of carboxylic acids is 1. The molecule has 0 aliphatic heterocycles. The van der Waals surface area contributed by atoms with Crippen LogP contribution in [0.5, 0.6) is 0 Å². The van der Waals surface area contributed by atoms with E-state index in [0.29, 0.717) is 0 Å². The molecule has 0 aromatic heterocycles. The van der Waals surface area contributed by atoms with E-state index in [1.54, 1.807) is 0 Å². The Morgan fingerprint density at radius 1 is 1.07 bits per heavy atom. The maximum absolute atomic E-state index is 11.7. The van der Waals surface area contributed by atoms with Gasteiger partial charge in [-0.15, -0.1) is 0 Å². The van der Waals surface area contributed by atoms with E-state index in [0.717, 1.165) is 0 Å². The maximum Gasteiger partial charge on any atom is 2.00 e. The summed E-state index contributed by atoms with van der Waals surface area (Å²) in [5, 5.41) is 7.86. The van der Waals surface area contributed by atoms with Gasteiger partial charge in [0.15, 0.2) is 0 Å². The van der Waals surface area contributed by atoms with Crippen LogP contribution in [0, 0.1) is 0 Å². The monoisotopic (exact) mass is 348 g/mol. The molecular weight excluding hydrogens is 345 g/mol. The van der Waals surface area contributed by atoms with Gasteiger partial charge in [-0.05, 0) is 22.6 Å². The van der Waals surface area contributed by atoms with E-state index >= 15 is 0 Å². The molecule has 14 heavy (non-hydrogen) atoms. The number of hydrogen-bond acceptors (Lipinski definition) is 1. The van der Waals surface area contributed by atoms with Gasteiger partial charge in [0.05, 0.1) is 0 Å². The molecule has 0 aliphatic rings. The summed E-state index contributed by atoms with van der Waals surface area (Å²) in [4.78, 5) is 9.87. The van der Waals surface area contributed by atoms with E-state index in [2.05, 4.69) is 0 Å². The largest absolute Gasteiger partial charge is 2.00 e. The van der Waals surface area contributed by atoms with Gasteiger partial charge in [0.1, 0.15) is 0 Å². The number of carbonyl (C=O) groups is 1. The number of carboxylic acid groups (broad SMARTS) is 1. The summed E-state index contributed by atoms with van der Waals surface area (Å²) in [5.74, 6) is -2.98. The molecule has 0 bridgehead atoms. The second-order valence-electron chi connectivity index (χ2n) is 1.96. The second kappa shape index (κ2) is 4.59. The molecule has 2 nitrogen and oxygen atoms in total. The van der Waals surface area contributed by atoms with Gasteiger partial charge < -0.3 is 7.96 Å². The van der Waals surface area contributed by atoms with Crippen molar-refractivity contribution in [3.63, 3.8) is 0 Å². The molecule has 0 aromatic carbocycles. The third kappa shape index (κ3) is 2.78. The zero-order valence-electron chi connectivity index (χ0n) is 8.21. The van der Waals surface area contributed by atoms with Gasteiger partial charge in [-0.3, -0.25) is 4.79 Å². The summed E-state index contributed by atoms with van der Waals surface area (Å²) >= 11 is -0.171. The first-order valence-corrected chi connectivity index (χ1v) is 3.58. The second-order valence-corrected chi connectivity index (χ2v) is 3.58. The molecule has 0 heterocycles. The van der Waals surface area contributed by atoms with Crippen LogP contribution in [0.25, 0.3) is 0 Å². The molecular formula is C4H3F6IMgO2. The van der Waals surface area contributed by atoms with Gasteiger partial charge in [-0.25, -0.2) is 0 Å². The molecule has 0 rings (SSSR count). The van der Waals surface area contributed by atoms with E-state index in [9.17, 15) is 31.1 Å². The molecule has 0 fully saturated rings. The van der Waals surface area contributed by atoms with Gasteiger partial charge in [-0.1, -0.05) is 0 Å². The normalized spacial score (nSPS) is 13.4. The summed E-state index contributed by atoms with van der Waals surface area (Å²) in [6.45, 7) is 0. The fraction of sp³-hybridized carbons (Fsp3) is 0.750. The van der Waals surface area contributed by atoms with E-state index < -0.39 is 21.7 Å². The van der Waals surface area contributed by atoms with Crippen LogP contribution < -0.4 is 0 Å². The van der Waals surface area contributed by atoms with E-state index in [1.807, 2.05) is 0 Å². The predicted octanol–water partition coefficient (Wildman–Crippen LogP) is 2.21. The molecule has 0 atom stereocenters. The Morgan fingerprint density at radius 2 is 1.29 bits per heavy atom. The summed E-state index contributed by atoms with van der Waals surface area (Å²) < 4.78 is 65.7. The van der Waals surface area contributed by atoms with Crippen molar-refractivity contribution >= 4 is 51.6 Å². The van der Waals surface area contributed by atoms with Crippen LogP contribution in [0.1, 0.15) is 2.85 Å². The van der Waals surface area contributed by atoms with Gasteiger partial charge in [-0.2, -0.15) is 26.3 Å². The van der Waals surface area contributed by atoms with Crippen LogP contribution in [0.2, 0.25) is 0 Å². The molecule has 0 saturated carbocycles. The molecule has 10 heteroatoms. The molecule has 0 aromatic rings. The smallest absolute Gasteiger partial charge is 1.00 e. The molecule has 1 N–H and O–H groups in total.